The lowest BCUT2D eigenvalue weighted by atomic mass is 10.1. The number of hydrogen-bond donors (Lipinski definition) is 1. The first-order valence-electron chi connectivity index (χ1n) is 8.46. The van der Waals surface area contributed by atoms with Crippen molar-refractivity contribution in [3.05, 3.63) is 52.6 Å². The lowest BCUT2D eigenvalue weighted by molar-refractivity contribution is -0.115. The van der Waals surface area contributed by atoms with Gasteiger partial charge in [-0.25, -0.2) is 4.98 Å². The minimum atomic E-state index is -0.0302. The summed E-state index contributed by atoms with van der Waals surface area (Å²) in [6.45, 7) is 2.14. The summed E-state index contributed by atoms with van der Waals surface area (Å²) in [7, 11) is 0. The van der Waals surface area contributed by atoms with Crippen molar-refractivity contribution in [2.45, 2.75) is 32.1 Å². The fourth-order valence-electron chi connectivity index (χ4n) is 2.98. The molecule has 5 heteroatoms. The highest BCUT2D eigenvalue weighted by Crippen LogP contribution is 2.19. The Morgan fingerprint density at radius 2 is 1.92 bits per heavy atom. The highest BCUT2D eigenvalue weighted by molar-refractivity contribution is 9.10. The summed E-state index contributed by atoms with van der Waals surface area (Å²) in [5.74, 6) is 0.972. The molecular weight excluding hydrogens is 366 g/mol. The van der Waals surface area contributed by atoms with E-state index in [0.717, 1.165) is 34.6 Å². The molecule has 2 heterocycles. The van der Waals surface area contributed by atoms with E-state index in [4.69, 9.17) is 0 Å². The minimum absolute atomic E-state index is 0.0302. The van der Waals surface area contributed by atoms with Gasteiger partial charge in [-0.3, -0.25) is 4.79 Å². The van der Waals surface area contributed by atoms with Crippen LogP contribution in [0.4, 0.5) is 11.5 Å². The molecule has 24 heavy (non-hydrogen) atoms. The Labute approximate surface area is 151 Å². The number of nitrogens with one attached hydrogen (secondary N) is 1. The van der Waals surface area contributed by atoms with Gasteiger partial charge in [0.25, 0.3) is 0 Å². The molecule has 1 fully saturated rings. The number of rotatable bonds is 4. The van der Waals surface area contributed by atoms with E-state index >= 15 is 0 Å². The van der Waals surface area contributed by atoms with E-state index in [9.17, 15) is 4.79 Å². The first-order valence-corrected chi connectivity index (χ1v) is 9.25. The Morgan fingerprint density at radius 1 is 1.12 bits per heavy atom. The molecule has 0 radical (unpaired) electrons. The Bertz CT molecular complexity index is 679. The van der Waals surface area contributed by atoms with Crippen molar-refractivity contribution in [3.63, 3.8) is 0 Å². The molecule has 126 valence electrons. The van der Waals surface area contributed by atoms with Crippen LogP contribution in [0, 0.1) is 0 Å². The second-order valence-electron chi connectivity index (χ2n) is 6.16. The van der Waals surface area contributed by atoms with Crippen LogP contribution in [-0.4, -0.2) is 24.0 Å². The van der Waals surface area contributed by atoms with Gasteiger partial charge in [0, 0.05) is 17.6 Å². The molecule has 0 bridgehead atoms. The lowest BCUT2D eigenvalue weighted by Gasteiger charge is -2.21. The van der Waals surface area contributed by atoms with Gasteiger partial charge in [-0.2, -0.15) is 0 Å². The largest absolute Gasteiger partial charge is 0.357 e. The Balaban J connectivity index is 1.58. The molecule has 1 aromatic carbocycles. The molecule has 1 aromatic heterocycles. The molecule has 1 aliphatic rings. The van der Waals surface area contributed by atoms with Gasteiger partial charge in [0.2, 0.25) is 5.91 Å². The third kappa shape index (κ3) is 4.81. The van der Waals surface area contributed by atoms with E-state index in [-0.39, 0.29) is 5.91 Å². The van der Waals surface area contributed by atoms with Gasteiger partial charge in [0.1, 0.15) is 5.82 Å². The molecule has 4 nitrogen and oxygen atoms in total. The van der Waals surface area contributed by atoms with Crippen LogP contribution in [0.2, 0.25) is 0 Å². The van der Waals surface area contributed by atoms with Crippen molar-refractivity contribution >= 4 is 33.3 Å². The van der Waals surface area contributed by atoms with Gasteiger partial charge in [0.05, 0.1) is 18.3 Å². The number of anilines is 2. The molecule has 0 atom stereocenters. The average molecular weight is 388 g/mol. The molecule has 1 N–H and O–H groups in total. The van der Waals surface area contributed by atoms with E-state index in [1.165, 1.54) is 25.7 Å². The van der Waals surface area contributed by atoms with Gasteiger partial charge < -0.3 is 10.2 Å². The minimum Gasteiger partial charge on any atom is -0.357 e. The normalized spacial score (nSPS) is 15.0. The molecule has 0 unspecified atom stereocenters. The number of halogens is 1. The van der Waals surface area contributed by atoms with Crippen LogP contribution in [0.25, 0.3) is 0 Å². The molecule has 0 saturated carbocycles. The molecule has 0 aliphatic carbocycles. The van der Waals surface area contributed by atoms with Gasteiger partial charge in [-0.15, -0.1) is 0 Å². The quantitative estimate of drug-likeness (QED) is 0.844. The maximum atomic E-state index is 12.2. The smallest absolute Gasteiger partial charge is 0.228 e. The average Bonchev–Trinajstić information content (AvgIpc) is 2.85. The number of pyridine rings is 1. The molecule has 1 saturated heterocycles. The summed E-state index contributed by atoms with van der Waals surface area (Å²) in [5.41, 5.74) is 1.73. The monoisotopic (exact) mass is 387 g/mol. The maximum absolute atomic E-state index is 12.2. The lowest BCUT2D eigenvalue weighted by Crippen LogP contribution is -2.24. The van der Waals surface area contributed by atoms with Crippen molar-refractivity contribution in [2.75, 3.05) is 23.3 Å². The van der Waals surface area contributed by atoms with Crippen LogP contribution in [0.15, 0.2) is 47.1 Å². The number of carbonyl (C=O) groups is 1. The second kappa shape index (κ2) is 8.29. The third-order valence-electron chi connectivity index (χ3n) is 4.22. The first-order chi connectivity index (χ1) is 11.7. The number of carbonyl (C=O) groups excluding carboxylic acids is 1. The van der Waals surface area contributed by atoms with Crippen LogP contribution in [0.3, 0.4) is 0 Å². The summed E-state index contributed by atoms with van der Waals surface area (Å²) >= 11 is 3.42. The second-order valence-corrected chi connectivity index (χ2v) is 7.08. The Kier molecular flexibility index (Phi) is 5.86. The van der Waals surface area contributed by atoms with E-state index in [2.05, 4.69) is 31.1 Å². The zero-order chi connectivity index (χ0) is 16.8. The van der Waals surface area contributed by atoms with E-state index in [0.29, 0.717) is 6.42 Å². The number of benzene rings is 1. The van der Waals surface area contributed by atoms with Crippen molar-refractivity contribution in [1.82, 2.24) is 4.98 Å². The molecule has 3 rings (SSSR count). The molecule has 1 aliphatic heterocycles. The highest BCUT2D eigenvalue weighted by atomic mass is 79.9. The SMILES string of the molecule is O=C(Cc1cccc(Br)c1)Nc1ccc(N2CCCCCC2)nc1. The van der Waals surface area contributed by atoms with E-state index in [1.54, 1.807) is 6.20 Å². The molecule has 1 amide bonds. The maximum Gasteiger partial charge on any atom is 0.228 e. The Morgan fingerprint density at radius 3 is 2.58 bits per heavy atom. The van der Waals surface area contributed by atoms with E-state index in [1.807, 2.05) is 36.4 Å². The van der Waals surface area contributed by atoms with Crippen LogP contribution in [0.5, 0.6) is 0 Å². The van der Waals surface area contributed by atoms with Crippen LogP contribution < -0.4 is 10.2 Å². The fourth-order valence-corrected chi connectivity index (χ4v) is 3.43. The van der Waals surface area contributed by atoms with Gasteiger partial charge >= 0.3 is 0 Å². The molecule has 0 spiro atoms. The number of hydrogen-bond acceptors (Lipinski definition) is 3. The topological polar surface area (TPSA) is 45.2 Å². The zero-order valence-corrected chi connectivity index (χ0v) is 15.3. The predicted octanol–water partition coefficient (Wildman–Crippen LogP) is 4.41. The predicted molar refractivity (Wildman–Crippen MR) is 101 cm³/mol. The summed E-state index contributed by atoms with van der Waals surface area (Å²) in [6, 6.07) is 11.7. The zero-order valence-electron chi connectivity index (χ0n) is 13.7. The van der Waals surface area contributed by atoms with Gasteiger partial charge in [0.15, 0.2) is 0 Å². The Hall–Kier alpha value is -1.88. The summed E-state index contributed by atoms with van der Waals surface area (Å²) in [5, 5.41) is 2.92. The van der Waals surface area contributed by atoms with Crippen LogP contribution >= 0.6 is 15.9 Å². The van der Waals surface area contributed by atoms with Gasteiger partial charge in [-0.1, -0.05) is 40.9 Å². The van der Waals surface area contributed by atoms with Gasteiger partial charge in [-0.05, 0) is 42.7 Å². The molecule has 2 aromatic rings. The van der Waals surface area contributed by atoms with Crippen LogP contribution in [-0.2, 0) is 11.2 Å². The fraction of sp³-hybridized carbons (Fsp3) is 0.368. The molecular formula is C19H22BrN3O. The first kappa shape index (κ1) is 17.0. The number of amides is 1. The summed E-state index contributed by atoms with van der Waals surface area (Å²) in [4.78, 5) is 19.0. The highest BCUT2D eigenvalue weighted by Gasteiger charge is 2.11. The van der Waals surface area contributed by atoms with Crippen molar-refractivity contribution in [3.8, 4) is 0 Å². The van der Waals surface area contributed by atoms with Crippen molar-refractivity contribution < 1.29 is 4.79 Å². The number of aromatic nitrogens is 1. The van der Waals surface area contributed by atoms with Crippen molar-refractivity contribution in [1.29, 1.82) is 0 Å². The van der Waals surface area contributed by atoms with E-state index < -0.39 is 0 Å². The summed E-state index contributed by atoms with van der Waals surface area (Å²) in [6.07, 6.45) is 7.17. The summed E-state index contributed by atoms with van der Waals surface area (Å²) < 4.78 is 0.983. The third-order valence-corrected chi connectivity index (χ3v) is 4.71. The standard InChI is InChI=1S/C19H22BrN3O/c20-16-7-5-6-15(12-16)13-19(24)22-17-8-9-18(21-14-17)23-10-3-1-2-4-11-23/h5-9,12,14H,1-4,10-11,13H2,(H,22,24). The van der Waals surface area contributed by atoms with Crippen LogP contribution in [0.1, 0.15) is 31.2 Å². The van der Waals surface area contributed by atoms with Crippen molar-refractivity contribution in [2.24, 2.45) is 0 Å². The number of nitrogens with zero attached hydrogens (tertiary/aromatic N) is 2.